The molecule has 0 amide bonds. The van der Waals surface area contributed by atoms with Crippen molar-refractivity contribution in [3.05, 3.63) is 35.6 Å². The SMILES string of the molecule is CCCCN(C)S(=O)(=O)NCC(Cc1ccc(F)cc1)C(=O)OC. The molecular weight excluding hydrogens is 335 g/mol. The van der Waals surface area contributed by atoms with Crippen molar-refractivity contribution in [2.75, 3.05) is 27.2 Å². The highest BCUT2D eigenvalue weighted by Gasteiger charge is 2.24. The lowest BCUT2D eigenvalue weighted by Gasteiger charge is -2.20. The lowest BCUT2D eigenvalue weighted by Crippen LogP contribution is -2.42. The van der Waals surface area contributed by atoms with Gasteiger partial charge in [0.05, 0.1) is 13.0 Å². The summed E-state index contributed by atoms with van der Waals surface area (Å²) < 4.78 is 45.7. The molecule has 0 aliphatic carbocycles. The minimum Gasteiger partial charge on any atom is -0.469 e. The Hall–Kier alpha value is -1.51. The first-order valence-electron chi connectivity index (χ1n) is 7.83. The molecule has 0 saturated carbocycles. The van der Waals surface area contributed by atoms with E-state index in [9.17, 15) is 17.6 Å². The van der Waals surface area contributed by atoms with Gasteiger partial charge in [-0.15, -0.1) is 0 Å². The van der Waals surface area contributed by atoms with Crippen LogP contribution < -0.4 is 4.72 Å². The second-order valence-electron chi connectivity index (χ2n) is 5.58. The molecule has 1 aromatic carbocycles. The molecule has 0 fully saturated rings. The fourth-order valence-electron chi connectivity index (χ4n) is 2.13. The third-order valence-corrected chi connectivity index (χ3v) is 5.21. The topological polar surface area (TPSA) is 75.7 Å². The van der Waals surface area contributed by atoms with Crippen molar-refractivity contribution >= 4 is 16.2 Å². The first-order valence-corrected chi connectivity index (χ1v) is 9.27. The lowest BCUT2D eigenvalue weighted by atomic mass is 9.99. The predicted molar refractivity (Wildman–Crippen MR) is 90.1 cm³/mol. The highest BCUT2D eigenvalue weighted by atomic mass is 32.2. The largest absolute Gasteiger partial charge is 0.469 e. The van der Waals surface area contributed by atoms with E-state index in [2.05, 4.69) is 4.72 Å². The van der Waals surface area contributed by atoms with Crippen molar-refractivity contribution in [2.24, 2.45) is 5.92 Å². The molecule has 0 radical (unpaired) electrons. The zero-order chi connectivity index (χ0) is 18.2. The van der Waals surface area contributed by atoms with Crippen molar-refractivity contribution in [3.8, 4) is 0 Å². The van der Waals surface area contributed by atoms with Gasteiger partial charge in [-0.2, -0.15) is 12.7 Å². The molecule has 1 rings (SSSR count). The first-order chi connectivity index (χ1) is 11.3. The van der Waals surface area contributed by atoms with E-state index in [0.29, 0.717) is 6.54 Å². The van der Waals surface area contributed by atoms with E-state index >= 15 is 0 Å². The molecular formula is C16H25FN2O4S. The maximum absolute atomic E-state index is 13.0. The number of esters is 1. The Kier molecular flexibility index (Phi) is 8.30. The molecule has 0 spiro atoms. The van der Waals surface area contributed by atoms with E-state index < -0.39 is 22.1 Å². The van der Waals surface area contributed by atoms with E-state index in [4.69, 9.17) is 4.74 Å². The van der Waals surface area contributed by atoms with Crippen molar-refractivity contribution < 1.29 is 22.3 Å². The monoisotopic (exact) mass is 360 g/mol. The van der Waals surface area contributed by atoms with E-state index in [1.54, 1.807) is 12.1 Å². The molecule has 1 aromatic rings. The summed E-state index contributed by atoms with van der Waals surface area (Å²) in [6.45, 7) is 2.30. The number of ether oxygens (including phenoxy) is 1. The third kappa shape index (κ3) is 6.54. The number of benzene rings is 1. The molecule has 0 aliphatic rings. The fraction of sp³-hybridized carbons (Fsp3) is 0.562. The van der Waals surface area contributed by atoms with Crippen LogP contribution >= 0.6 is 0 Å². The van der Waals surface area contributed by atoms with Gasteiger partial charge in [-0.3, -0.25) is 4.79 Å². The van der Waals surface area contributed by atoms with E-state index in [-0.39, 0.29) is 18.8 Å². The zero-order valence-electron chi connectivity index (χ0n) is 14.3. The Balaban J connectivity index is 2.72. The fourth-order valence-corrected chi connectivity index (χ4v) is 3.13. The normalized spacial score (nSPS) is 13.0. The molecule has 1 atom stereocenters. The van der Waals surface area contributed by atoms with Crippen LogP contribution in [-0.4, -0.2) is 45.9 Å². The van der Waals surface area contributed by atoms with Crippen LogP contribution in [0.1, 0.15) is 25.3 Å². The van der Waals surface area contributed by atoms with Gasteiger partial charge in [-0.1, -0.05) is 25.5 Å². The first kappa shape index (κ1) is 20.5. The molecule has 1 unspecified atom stereocenters. The van der Waals surface area contributed by atoms with Crippen molar-refractivity contribution in [2.45, 2.75) is 26.2 Å². The van der Waals surface area contributed by atoms with Crippen LogP contribution in [0.25, 0.3) is 0 Å². The third-order valence-electron chi connectivity index (χ3n) is 3.68. The quantitative estimate of drug-likeness (QED) is 0.645. The molecule has 1 N–H and O–H groups in total. The molecule has 6 nitrogen and oxygen atoms in total. The summed E-state index contributed by atoms with van der Waals surface area (Å²) in [6, 6.07) is 5.72. The Morgan fingerprint density at radius 2 is 1.96 bits per heavy atom. The Morgan fingerprint density at radius 3 is 2.50 bits per heavy atom. The minimum atomic E-state index is -3.65. The molecule has 8 heteroatoms. The van der Waals surface area contributed by atoms with Gasteiger partial charge >= 0.3 is 5.97 Å². The van der Waals surface area contributed by atoms with Crippen LogP contribution in [0.5, 0.6) is 0 Å². The highest BCUT2D eigenvalue weighted by Crippen LogP contribution is 2.12. The molecule has 0 heterocycles. The van der Waals surface area contributed by atoms with E-state index in [0.717, 1.165) is 18.4 Å². The summed E-state index contributed by atoms with van der Waals surface area (Å²) >= 11 is 0. The molecule has 0 bridgehead atoms. The van der Waals surface area contributed by atoms with Crippen LogP contribution in [0, 0.1) is 11.7 Å². The predicted octanol–water partition coefficient (Wildman–Crippen LogP) is 1.72. The van der Waals surface area contributed by atoms with Gasteiger partial charge in [0.2, 0.25) is 0 Å². The molecule has 0 saturated heterocycles. The van der Waals surface area contributed by atoms with Gasteiger partial charge in [0.15, 0.2) is 0 Å². The zero-order valence-corrected chi connectivity index (χ0v) is 15.1. The van der Waals surface area contributed by atoms with Gasteiger partial charge < -0.3 is 4.74 Å². The standard InChI is InChI=1S/C16H25FN2O4S/c1-4-5-10-19(2)24(21,22)18-12-14(16(20)23-3)11-13-6-8-15(17)9-7-13/h6-9,14,18H,4-5,10-12H2,1-3H3. The average Bonchev–Trinajstić information content (AvgIpc) is 2.57. The van der Waals surface area contributed by atoms with Crippen molar-refractivity contribution in [1.82, 2.24) is 9.03 Å². The van der Waals surface area contributed by atoms with Crippen molar-refractivity contribution in [3.63, 3.8) is 0 Å². The molecule has 24 heavy (non-hydrogen) atoms. The second kappa shape index (κ2) is 9.71. The molecule has 0 aromatic heterocycles. The Labute approximate surface area is 143 Å². The van der Waals surface area contributed by atoms with Gasteiger partial charge in [-0.05, 0) is 30.5 Å². The lowest BCUT2D eigenvalue weighted by molar-refractivity contribution is -0.145. The summed E-state index contributed by atoms with van der Waals surface area (Å²) in [7, 11) is -0.910. The number of hydrogen-bond donors (Lipinski definition) is 1. The number of rotatable bonds is 10. The van der Waals surface area contributed by atoms with Gasteiger partial charge in [-0.25, -0.2) is 9.11 Å². The van der Waals surface area contributed by atoms with Crippen LogP contribution in [0.2, 0.25) is 0 Å². The van der Waals surface area contributed by atoms with Crippen LogP contribution in [0.15, 0.2) is 24.3 Å². The molecule has 0 aliphatic heterocycles. The van der Waals surface area contributed by atoms with Gasteiger partial charge in [0, 0.05) is 20.1 Å². The summed E-state index contributed by atoms with van der Waals surface area (Å²) in [6.07, 6.45) is 1.90. The summed E-state index contributed by atoms with van der Waals surface area (Å²) in [5.74, 6) is -1.57. The summed E-state index contributed by atoms with van der Waals surface area (Å²) in [5.41, 5.74) is 0.727. The highest BCUT2D eigenvalue weighted by molar-refractivity contribution is 7.87. The van der Waals surface area contributed by atoms with E-state index in [1.807, 2.05) is 6.92 Å². The number of hydrogen-bond acceptors (Lipinski definition) is 4. The molecule has 136 valence electrons. The maximum Gasteiger partial charge on any atom is 0.310 e. The average molecular weight is 360 g/mol. The van der Waals surface area contributed by atoms with Crippen LogP contribution in [-0.2, 0) is 26.2 Å². The van der Waals surface area contributed by atoms with Crippen LogP contribution in [0.3, 0.4) is 0 Å². The van der Waals surface area contributed by atoms with Crippen molar-refractivity contribution in [1.29, 1.82) is 0 Å². The van der Waals surface area contributed by atoms with E-state index in [1.165, 1.54) is 30.6 Å². The number of methoxy groups -OCH3 is 1. The second-order valence-corrected chi connectivity index (χ2v) is 7.44. The number of unbranched alkanes of at least 4 members (excludes halogenated alkanes) is 1. The number of nitrogens with zero attached hydrogens (tertiary/aromatic N) is 1. The van der Waals surface area contributed by atoms with Gasteiger partial charge in [0.1, 0.15) is 5.82 Å². The van der Waals surface area contributed by atoms with Gasteiger partial charge in [0.25, 0.3) is 10.2 Å². The smallest absolute Gasteiger partial charge is 0.310 e. The van der Waals surface area contributed by atoms with Crippen LogP contribution in [0.4, 0.5) is 4.39 Å². The maximum atomic E-state index is 13.0. The minimum absolute atomic E-state index is 0.0805. The Morgan fingerprint density at radius 1 is 1.33 bits per heavy atom. The number of carbonyl (C=O) groups excluding carboxylic acids is 1. The number of halogens is 1. The number of nitrogens with one attached hydrogen (secondary N) is 1. The summed E-state index contributed by atoms with van der Waals surface area (Å²) in [4.78, 5) is 11.9. The summed E-state index contributed by atoms with van der Waals surface area (Å²) in [5, 5.41) is 0. The Bertz CT molecular complexity index is 619. The number of carbonyl (C=O) groups is 1.